The molecule has 0 amide bonds. The first-order valence-corrected chi connectivity index (χ1v) is 4.60. The monoisotopic (exact) mass is 209 g/mol. The molecule has 0 heterocycles. The van der Waals surface area contributed by atoms with Gasteiger partial charge in [0.05, 0.1) is 0 Å². The van der Waals surface area contributed by atoms with Gasteiger partial charge in [-0.15, -0.1) is 0 Å². The van der Waals surface area contributed by atoms with Crippen LogP contribution in [-0.4, -0.2) is 48.0 Å². The number of hydrogen-bond acceptors (Lipinski definition) is 2. The summed E-state index contributed by atoms with van der Waals surface area (Å²) >= 11 is 0. The molecule has 14 heavy (non-hydrogen) atoms. The molecule has 0 radical (unpaired) electrons. The minimum atomic E-state index is -0.203. The number of rotatable bonds is 5. The summed E-state index contributed by atoms with van der Waals surface area (Å²) in [6.45, 7) is 2.92. The fraction of sp³-hybridized carbons (Fsp3) is 0.750. The molecule has 5 nitrogen and oxygen atoms in total. The minimum absolute atomic E-state index is 0. The Hall–Kier alpha value is -0.260. The van der Waals surface area contributed by atoms with Crippen molar-refractivity contribution in [3.63, 3.8) is 0 Å². The first kappa shape index (κ1) is 16.2. The van der Waals surface area contributed by atoms with Crippen LogP contribution in [0.15, 0.2) is 0 Å². The third-order valence-corrected chi connectivity index (χ3v) is 1.59. The third-order valence-electron chi connectivity index (χ3n) is 1.59. The standard InChI is InChI=1S/C8H19N5.Na.H/c1-2-3-4-5-6-12-8(11)13-7(9)10;;/h2-6H2,1H3,(H6,9,10,11,12,13);;. The van der Waals surface area contributed by atoms with Gasteiger partial charge in [0.25, 0.3) is 0 Å². The summed E-state index contributed by atoms with van der Waals surface area (Å²) in [5.41, 5.74) is 5.04. The summed E-state index contributed by atoms with van der Waals surface area (Å²) < 4.78 is 0. The Balaban J connectivity index is 0. The number of unbranched alkanes of at least 4 members (excludes halogenated alkanes) is 3. The van der Waals surface area contributed by atoms with Crippen molar-refractivity contribution >= 4 is 41.5 Å². The van der Waals surface area contributed by atoms with E-state index in [2.05, 4.69) is 17.6 Å². The van der Waals surface area contributed by atoms with Crippen molar-refractivity contribution in [2.24, 2.45) is 5.73 Å². The van der Waals surface area contributed by atoms with E-state index in [-0.39, 0.29) is 41.5 Å². The topological polar surface area (TPSA) is 97.8 Å². The molecule has 0 aromatic carbocycles. The predicted molar refractivity (Wildman–Crippen MR) is 62.1 cm³/mol. The van der Waals surface area contributed by atoms with Crippen molar-refractivity contribution in [2.45, 2.75) is 32.6 Å². The van der Waals surface area contributed by atoms with Crippen LogP contribution in [0.5, 0.6) is 0 Å². The van der Waals surface area contributed by atoms with Crippen molar-refractivity contribution in [2.75, 3.05) is 6.54 Å². The molecule has 0 rings (SSSR count). The van der Waals surface area contributed by atoms with E-state index in [1.54, 1.807) is 0 Å². The quantitative estimate of drug-likeness (QED) is 0.190. The number of nitrogens with two attached hydrogens (primary N) is 1. The van der Waals surface area contributed by atoms with Gasteiger partial charge < -0.3 is 11.1 Å². The van der Waals surface area contributed by atoms with E-state index in [0.717, 1.165) is 13.0 Å². The Morgan fingerprint density at radius 1 is 1.21 bits per heavy atom. The molecule has 78 valence electrons. The molecule has 6 N–H and O–H groups in total. The summed E-state index contributed by atoms with van der Waals surface area (Å²) in [6, 6.07) is 0. The molecule has 0 saturated carbocycles. The number of guanidine groups is 2. The van der Waals surface area contributed by atoms with Crippen molar-refractivity contribution in [1.82, 2.24) is 10.6 Å². The average Bonchev–Trinajstić information content (AvgIpc) is 2.02. The normalized spacial score (nSPS) is 8.64. The second-order valence-corrected chi connectivity index (χ2v) is 2.90. The predicted octanol–water partition coefficient (Wildman–Crippen LogP) is -0.0744. The summed E-state index contributed by atoms with van der Waals surface area (Å²) in [4.78, 5) is 0. The third kappa shape index (κ3) is 11.7. The average molecular weight is 209 g/mol. The van der Waals surface area contributed by atoms with Gasteiger partial charge in [0.1, 0.15) is 0 Å². The van der Waals surface area contributed by atoms with Crippen LogP contribution in [-0.2, 0) is 0 Å². The molecule has 0 atom stereocenters. The fourth-order valence-electron chi connectivity index (χ4n) is 0.944. The van der Waals surface area contributed by atoms with E-state index < -0.39 is 0 Å². The van der Waals surface area contributed by atoms with Crippen molar-refractivity contribution in [1.29, 1.82) is 10.8 Å². The Morgan fingerprint density at radius 3 is 2.36 bits per heavy atom. The molecule has 0 bridgehead atoms. The molecule has 0 aromatic heterocycles. The van der Waals surface area contributed by atoms with E-state index in [0.29, 0.717) is 0 Å². The first-order chi connectivity index (χ1) is 6.16. The Morgan fingerprint density at radius 2 is 1.86 bits per heavy atom. The zero-order valence-corrected chi connectivity index (χ0v) is 8.11. The van der Waals surface area contributed by atoms with E-state index in [1.165, 1.54) is 19.3 Å². The van der Waals surface area contributed by atoms with Gasteiger partial charge in [-0.2, -0.15) is 0 Å². The van der Waals surface area contributed by atoms with E-state index in [1.807, 2.05) is 0 Å². The maximum atomic E-state index is 7.26. The van der Waals surface area contributed by atoms with Crippen LogP contribution < -0.4 is 16.4 Å². The van der Waals surface area contributed by atoms with Crippen LogP contribution in [0.2, 0.25) is 0 Å². The SMILES string of the molecule is CCCCCCNC(=N)NC(=N)N.[NaH]. The molecule has 0 aliphatic carbocycles. The molecular weight excluding hydrogens is 189 g/mol. The van der Waals surface area contributed by atoms with Gasteiger partial charge in [-0.3, -0.25) is 16.1 Å². The van der Waals surface area contributed by atoms with Crippen molar-refractivity contribution in [3.8, 4) is 0 Å². The molecule has 0 saturated heterocycles. The molecule has 0 aliphatic rings. The molecule has 0 aromatic rings. The zero-order valence-electron chi connectivity index (χ0n) is 8.11. The van der Waals surface area contributed by atoms with Crippen molar-refractivity contribution in [3.05, 3.63) is 0 Å². The molecule has 6 heteroatoms. The summed E-state index contributed by atoms with van der Waals surface area (Å²) in [7, 11) is 0. The Labute approximate surface area is 108 Å². The maximum absolute atomic E-state index is 7.26. The van der Waals surface area contributed by atoms with Crippen LogP contribution in [0.25, 0.3) is 0 Å². The number of hydrogen-bond donors (Lipinski definition) is 5. The van der Waals surface area contributed by atoms with Crippen LogP contribution in [0.4, 0.5) is 0 Å². The van der Waals surface area contributed by atoms with Gasteiger partial charge >= 0.3 is 29.6 Å². The zero-order chi connectivity index (χ0) is 10.1. The van der Waals surface area contributed by atoms with Crippen LogP contribution in [0.1, 0.15) is 32.6 Å². The van der Waals surface area contributed by atoms with Crippen molar-refractivity contribution < 1.29 is 0 Å². The van der Waals surface area contributed by atoms with E-state index >= 15 is 0 Å². The molecule has 0 unspecified atom stereocenters. The molecule has 0 fully saturated rings. The molecule has 0 spiro atoms. The van der Waals surface area contributed by atoms with E-state index in [9.17, 15) is 0 Å². The van der Waals surface area contributed by atoms with Gasteiger partial charge in [0.15, 0.2) is 11.9 Å². The van der Waals surface area contributed by atoms with Gasteiger partial charge in [0.2, 0.25) is 0 Å². The first-order valence-electron chi connectivity index (χ1n) is 4.60. The van der Waals surface area contributed by atoms with Gasteiger partial charge in [-0.1, -0.05) is 26.2 Å². The Kier molecular flexibility index (Phi) is 12.5. The Bertz CT molecular complexity index is 171. The van der Waals surface area contributed by atoms with Crippen LogP contribution in [0, 0.1) is 10.8 Å². The summed E-state index contributed by atoms with van der Waals surface area (Å²) in [5.74, 6) is -0.102. The molecular formula is C8H20N5Na. The van der Waals surface area contributed by atoms with Gasteiger partial charge in [0, 0.05) is 6.54 Å². The summed E-state index contributed by atoms with van der Waals surface area (Å²) in [6.07, 6.45) is 4.67. The molecule has 0 aliphatic heterocycles. The van der Waals surface area contributed by atoms with Gasteiger partial charge in [-0.05, 0) is 6.42 Å². The van der Waals surface area contributed by atoms with E-state index in [4.69, 9.17) is 16.6 Å². The van der Waals surface area contributed by atoms with Gasteiger partial charge in [-0.25, -0.2) is 0 Å². The second kappa shape index (κ2) is 10.8. The fourth-order valence-corrected chi connectivity index (χ4v) is 0.944. The van der Waals surface area contributed by atoms with Crippen LogP contribution in [0.3, 0.4) is 0 Å². The summed E-state index contributed by atoms with van der Waals surface area (Å²) in [5, 5.41) is 19.3. The number of nitrogens with one attached hydrogen (secondary N) is 4. The van der Waals surface area contributed by atoms with Crippen LogP contribution >= 0.6 is 0 Å². The second-order valence-electron chi connectivity index (χ2n) is 2.90.